The van der Waals surface area contributed by atoms with Crippen LogP contribution in [0.5, 0.6) is 5.75 Å². The number of piperidine rings is 2. The van der Waals surface area contributed by atoms with Crippen LogP contribution in [0.15, 0.2) is 59.2 Å². The summed E-state index contributed by atoms with van der Waals surface area (Å²) in [5.41, 5.74) is 5.67. The maximum atomic E-state index is 15.3. The molecule has 0 spiro atoms. The highest BCUT2D eigenvalue weighted by atomic mass is 79.9. The minimum atomic E-state index is -2.76. The van der Waals surface area contributed by atoms with E-state index in [1.54, 1.807) is 19.5 Å². The number of imide groups is 1. The number of hydrogen-bond acceptors (Lipinski definition) is 13. The van der Waals surface area contributed by atoms with Crippen molar-refractivity contribution >= 4 is 91.5 Å². The van der Waals surface area contributed by atoms with Crippen molar-refractivity contribution in [1.29, 1.82) is 0 Å². The zero-order chi connectivity index (χ0) is 50.4. The third-order valence-electron chi connectivity index (χ3n) is 14.9. The molecule has 3 aromatic carbocycles. The normalized spacial score (nSPS) is 20.3. The Kier molecular flexibility index (Phi) is 14.3. The number of aryl methyl sites for hydroxylation is 2. The van der Waals surface area contributed by atoms with Crippen LogP contribution in [-0.2, 0) is 31.8 Å². The molecule has 4 saturated heterocycles. The number of aromatic nitrogens is 3. The van der Waals surface area contributed by atoms with Crippen molar-refractivity contribution in [2.75, 3.05) is 86.1 Å². The van der Waals surface area contributed by atoms with Crippen LogP contribution < -0.4 is 35.8 Å². The van der Waals surface area contributed by atoms with E-state index in [2.05, 4.69) is 72.6 Å². The van der Waals surface area contributed by atoms with Crippen molar-refractivity contribution in [3.8, 4) is 5.75 Å². The molecule has 6 heterocycles. The number of halogens is 3. The minimum Gasteiger partial charge on any atom is -0.488 e. The van der Waals surface area contributed by atoms with Gasteiger partial charge in [-0.3, -0.25) is 29.6 Å². The second kappa shape index (κ2) is 20.7. The largest absolute Gasteiger partial charge is 0.488 e. The third kappa shape index (κ3) is 10.5. The monoisotopic (exact) mass is 1070 g/mol. The van der Waals surface area contributed by atoms with Gasteiger partial charge in [-0.1, -0.05) is 19.9 Å². The van der Waals surface area contributed by atoms with Gasteiger partial charge in [-0.25, -0.2) is 13.8 Å². The van der Waals surface area contributed by atoms with Crippen LogP contribution >= 0.6 is 23.1 Å². The van der Waals surface area contributed by atoms with Gasteiger partial charge in [-0.15, -0.1) is 0 Å². The Bertz CT molecular complexity index is 2950. The maximum absolute atomic E-state index is 15.3. The lowest BCUT2D eigenvalue weighted by Crippen LogP contribution is -2.55. The quantitative estimate of drug-likeness (QED) is 0.0716. The van der Waals surface area contributed by atoms with E-state index in [-0.39, 0.29) is 36.3 Å². The second-order valence-corrected chi connectivity index (χ2v) is 24.2. The van der Waals surface area contributed by atoms with E-state index < -0.39 is 36.5 Å². The van der Waals surface area contributed by atoms with Gasteiger partial charge in [0.05, 0.1) is 39.3 Å². The van der Waals surface area contributed by atoms with Crippen LogP contribution in [0.2, 0.25) is 0 Å². The van der Waals surface area contributed by atoms with Gasteiger partial charge in [0.25, 0.3) is 0 Å². The maximum Gasteiger partial charge on any atom is 0.234 e. The average Bonchev–Trinajstić information content (AvgIpc) is 4.05. The molecule has 2 atom stereocenters. The van der Waals surface area contributed by atoms with Crippen molar-refractivity contribution in [3.05, 3.63) is 87.7 Å². The first-order valence-electron chi connectivity index (χ1n) is 25.4. The van der Waals surface area contributed by atoms with Crippen molar-refractivity contribution in [2.24, 2.45) is 5.92 Å². The van der Waals surface area contributed by atoms with E-state index in [4.69, 9.17) is 14.7 Å². The molecule has 3 N–H and O–H groups in total. The Balaban J connectivity index is 0.761. The van der Waals surface area contributed by atoms with Crippen LogP contribution in [0.1, 0.15) is 81.5 Å². The van der Waals surface area contributed by atoms with E-state index in [9.17, 15) is 18.9 Å². The molecule has 5 aliphatic rings. The molecule has 0 radical (unpaired) electrons. The predicted octanol–water partition coefficient (Wildman–Crippen LogP) is 8.63. The number of nitrogens with zero attached hydrogens (tertiary/aromatic N) is 7. The van der Waals surface area contributed by atoms with Crippen LogP contribution in [0.4, 0.5) is 43.3 Å². The van der Waals surface area contributed by atoms with Crippen molar-refractivity contribution in [2.45, 2.75) is 89.7 Å². The van der Waals surface area contributed by atoms with Crippen molar-refractivity contribution in [1.82, 2.24) is 30.1 Å². The number of amides is 3. The predicted molar refractivity (Wildman–Crippen MR) is 281 cm³/mol. The molecule has 380 valence electrons. The number of piperazine rings is 1. The average molecular weight is 1070 g/mol. The van der Waals surface area contributed by atoms with Crippen LogP contribution in [0.3, 0.4) is 0 Å². The Morgan fingerprint density at radius 1 is 0.847 bits per heavy atom. The van der Waals surface area contributed by atoms with Gasteiger partial charge in [-0.05, 0) is 123 Å². The molecule has 3 amide bonds. The third-order valence-corrected chi connectivity index (χ3v) is 17.1. The van der Waals surface area contributed by atoms with Crippen LogP contribution in [-0.4, -0.2) is 120 Å². The summed E-state index contributed by atoms with van der Waals surface area (Å²) < 4.78 is 51.7. The van der Waals surface area contributed by atoms with Crippen LogP contribution in [0, 0.1) is 17.6 Å². The molecule has 2 aromatic heterocycles. The van der Waals surface area contributed by atoms with Gasteiger partial charge < -0.3 is 34.6 Å². The molecule has 72 heavy (non-hydrogen) atoms. The molecule has 10 rings (SSSR count). The minimum absolute atomic E-state index is 0.0274. The Morgan fingerprint density at radius 3 is 2.26 bits per heavy atom. The zero-order valence-corrected chi connectivity index (χ0v) is 43.8. The molecule has 15 nitrogen and oxygen atoms in total. The number of carbonyl (C=O) groups is 3. The highest BCUT2D eigenvalue weighted by molar-refractivity contribution is 9.10. The van der Waals surface area contributed by atoms with Gasteiger partial charge in [0.2, 0.25) is 23.7 Å². The first-order chi connectivity index (χ1) is 34.6. The molecular formula is C53H62BrF2N10O5P. The number of carbonyl (C=O) groups excluding carboxylic acids is 3. The van der Waals surface area contributed by atoms with Crippen molar-refractivity contribution in [3.63, 3.8) is 0 Å². The van der Waals surface area contributed by atoms with Gasteiger partial charge >= 0.3 is 0 Å². The van der Waals surface area contributed by atoms with E-state index in [1.165, 1.54) is 23.4 Å². The summed E-state index contributed by atoms with van der Waals surface area (Å²) >= 11 is 3.65. The number of hydrogen-bond donors (Lipinski definition) is 3. The van der Waals surface area contributed by atoms with E-state index >= 15 is 8.78 Å². The zero-order valence-electron chi connectivity index (χ0n) is 41.3. The molecule has 1 aliphatic carbocycles. The lowest BCUT2D eigenvalue weighted by molar-refractivity contribution is -0.137. The number of nitrogens with one attached hydrogen (secondary N) is 3. The molecule has 1 saturated carbocycles. The summed E-state index contributed by atoms with van der Waals surface area (Å²) in [7, 11) is -2.76. The standard InChI is InChI=1S/C53H62BrF2N10O5P/c1-5-31-25-44(60-53-57-29-39(54)50(62-53)59-43-13-12-42-37(49(43)72(3,4)70)10-7-33(6-2)58-42)46(71-36-8-9-36)28-45(31)64-19-16-34(17-20-64)63-21-23-65(24-22-63)52(69)32-15-18-66(30-32)35-26-40(55)48(41(56)27-35)38-11-14-47(67)61-51(38)68/h7,10,12-13,25-29,32,34,36,38H,5-6,8-9,11,14-24,30H2,1-4H3,(H,61,67,68)(H2,57,59,60,62). The molecular weight excluding hydrogens is 1010 g/mol. The Morgan fingerprint density at radius 2 is 1.58 bits per heavy atom. The Hall–Kier alpha value is -5.71. The summed E-state index contributed by atoms with van der Waals surface area (Å²) in [5.74, 6) is -2.35. The summed E-state index contributed by atoms with van der Waals surface area (Å²) in [5, 5.41) is 10.7. The summed E-state index contributed by atoms with van der Waals surface area (Å²) in [6.07, 6.45) is 8.16. The molecule has 0 bridgehead atoms. The Labute approximate surface area is 427 Å². The number of anilines is 6. The number of rotatable bonds is 14. The molecule has 5 aromatic rings. The first kappa shape index (κ1) is 49.9. The molecule has 19 heteroatoms. The van der Waals surface area contributed by atoms with E-state index in [1.807, 2.05) is 34.1 Å². The SMILES string of the molecule is CCc1ccc2c(P(C)(C)=O)c(Nc3nc(Nc4cc(CC)c(N5CCC(N6CCN(C(=O)C7CCN(c8cc(F)c(C9CCC(=O)NC9=O)c(F)c8)C7)CC6)CC5)cc4OC4CC4)ncc3Br)ccc2n1. The summed E-state index contributed by atoms with van der Waals surface area (Å²) in [6, 6.07) is 15.1. The second-order valence-electron chi connectivity index (χ2n) is 20.2. The van der Waals surface area contributed by atoms with Gasteiger partial charge in [0, 0.05) is 110 Å². The fourth-order valence-corrected chi connectivity index (χ4v) is 12.7. The van der Waals surface area contributed by atoms with E-state index in [0.29, 0.717) is 66.3 Å². The number of fused-ring (bicyclic) bond motifs is 1. The number of ether oxygens (including phenoxy) is 1. The van der Waals surface area contributed by atoms with Gasteiger partial charge in [0.15, 0.2) is 0 Å². The molecule has 2 unspecified atom stereocenters. The van der Waals surface area contributed by atoms with E-state index in [0.717, 1.165) is 98.0 Å². The lowest BCUT2D eigenvalue weighted by Gasteiger charge is -2.44. The van der Waals surface area contributed by atoms with Crippen molar-refractivity contribution < 1.29 is 32.5 Å². The van der Waals surface area contributed by atoms with Gasteiger partial charge in [0.1, 0.15) is 30.3 Å². The number of pyridine rings is 1. The first-order valence-corrected chi connectivity index (χ1v) is 28.8. The lowest BCUT2D eigenvalue weighted by atomic mass is 9.89. The molecule has 4 aliphatic heterocycles. The summed E-state index contributed by atoms with van der Waals surface area (Å²) in [6.45, 7) is 13.3. The number of benzene rings is 3. The smallest absolute Gasteiger partial charge is 0.234 e. The highest BCUT2D eigenvalue weighted by Crippen LogP contribution is 2.43. The van der Waals surface area contributed by atoms with Gasteiger partial charge in [-0.2, -0.15) is 4.98 Å². The highest BCUT2D eigenvalue weighted by Gasteiger charge is 2.37. The fraction of sp³-hybridized carbons (Fsp3) is 0.472. The fourth-order valence-electron chi connectivity index (χ4n) is 10.9. The molecule has 5 fully saturated rings. The topological polar surface area (TPSA) is 165 Å². The summed E-state index contributed by atoms with van der Waals surface area (Å²) in [4.78, 5) is 60.9. The van der Waals surface area contributed by atoms with Crippen LogP contribution in [0.25, 0.3) is 10.9 Å².